The van der Waals surface area contributed by atoms with Crippen LogP contribution in [0.15, 0.2) is 4.52 Å². The van der Waals surface area contributed by atoms with Gasteiger partial charge in [0.05, 0.1) is 0 Å². The molecule has 0 bridgehead atoms. The van der Waals surface area contributed by atoms with Gasteiger partial charge in [-0.1, -0.05) is 32.3 Å². The average molecular weight is 260 g/mol. The van der Waals surface area contributed by atoms with Crippen molar-refractivity contribution in [1.29, 1.82) is 0 Å². The molecule has 2 rings (SSSR count). The first-order valence-corrected chi connectivity index (χ1v) is 6.06. The van der Waals surface area contributed by atoms with Crippen LogP contribution in [-0.2, 0) is 5.41 Å². The molecule has 98 valence electrons. The Hall–Kier alpha value is -0.610. The molecule has 2 atom stereocenters. The van der Waals surface area contributed by atoms with Gasteiger partial charge < -0.3 is 10.3 Å². The molecule has 0 saturated heterocycles. The maximum Gasteiger partial charge on any atom is 0.229 e. The lowest BCUT2D eigenvalue weighted by atomic mass is 9.86. The van der Waals surface area contributed by atoms with Crippen LogP contribution in [0.4, 0.5) is 0 Å². The summed E-state index contributed by atoms with van der Waals surface area (Å²) in [5.41, 5.74) is 5.92. The zero-order chi connectivity index (χ0) is 11.8. The van der Waals surface area contributed by atoms with Crippen LogP contribution >= 0.6 is 12.4 Å². The maximum atomic E-state index is 5.97. The molecule has 2 unspecified atom stereocenters. The molecule has 1 aliphatic rings. The molecule has 1 aromatic heterocycles. The lowest BCUT2D eigenvalue weighted by Crippen LogP contribution is -2.27. The van der Waals surface area contributed by atoms with E-state index in [0.29, 0.717) is 12.0 Å². The molecular formula is C12H22ClN3O. The molecule has 0 radical (unpaired) electrons. The van der Waals surface area contributed by atoms with E-state index in [-0.39, 0.29) is 17.8 Å². The van der Waals surface area contributed by atoms with E-state index in [1.807, 2.05) is 0 Å². The molecule has 1 fully saturated rings. The van der Waals surface area contributed by atoms with Crippen molar-refractivity contribution in [2.75, 3.05) is 0 Å². The zero-order valence-corrected chi connectivity index (χ0v) is 11.6. The van der Waals surface area contributed by atoms with Crippen LogP contribution in [0.3, 0.4) is 0 Å². The van der Waals surface area contributed by atoms with Crippen molar-refractivity contribution in [1.82, 2.24) is 10.1 Å². The highest BCUT2D eigenvalue weighted by molar-refractivity contribution is 5.85. The van der Waals surface area contributed by atoms with Crippen molar-refractivity contribution < 1.29 is 4.52 Å². The van der Waals surface area contributed by atoms with Crippen molar-refractivity contribution >= 4 is 12.4 Å². The lowest BCUT2D eigenvalue weighted by Gasteiger charge is -2.23. The van der Waals surface area contributed by atoms with Gasteiger partial charge >= 0.3 is 0 Å². The van der Waals surface area contributed by atoms with E-state index in [1.54, 1.807) is 0 Å². The summed E-state index contributed by atoms with van der Waals surface area (Å²) in [6.45, 7) is 6.27. The minimum Gasteiger partial charge on any atom is -0.339 e. The fraction of sp³-hybridized carbons (Fsp3) is 0.833. The number of rotatable bonds is 1. The quantitative estimate of drug-likeness (QED) is 0.842. The predicted octanol–water partition coefficient (Wildman–Crippen LogP) is 2.77. The second-order valence-corrected chi connectivity index (χ2v) is 5.83. The van der Waals surface area contributed by atoms with Crippen molar-refractivity contribution in [3.05, 3.63) is 11.7 Å². The summed E-state index contributed by atoms with van der Waals surface area (Å²) in [5.74, 6) is 1.94. The molecule has 1 aliphatic carbocycles. The highest BCUT2D eigenvalue weighted by Gasteiger charge is 2.28. The highest BCUT2D eigenvalue weighted by Crippen LogP contribution is 2.32. The molecule has 0 aromatic carbocycles. The third-order valence-corrected chi connectivity index (χ3v) is 3.18. The predicted molar refractivity (Wildman–Crippen MR) is 69.4 cm³/mol. The van der Waals surface area contributed by atoms with E-state index in [2.05, 4.69) is 30.9 Å². The Bertz CT molecular complexity index is 359. The minimum absolute atomic E-state index is 0. The zero-order valence-electron chi connectivity index (χ0n) is 10.8. The van der Waals surface area contributed by atoms with Gasteiger partial charge in [0.2, 0.25) is 5.89 Å². The van der Waals surface area contributed by atoms with Gasteiger partial charge in [0.1, 0.15) is 0 Å². The van der Waals surface area contributed by atoms with Gasteiger partial charge in [-0.2, -0.15) is 4.98 Å². The molecule has 0 amide bonds. The summed E-state index contributed by atoms with van der Waals surface area (Å²) in [7, 11) is 0. The Morgan fingerprint density at radius 1 is 1.29 bits per heavy atom. The van der Waals surface area contributed by atoms with E-state index in [4.69, 9.17) is 10.3 Å². The maximum absolute atomic E-state index is 5.97. The number of hydrogen-bond donors (Lipinski definition) is 1. The van der Waals surface area contributed by atoms with Gasteiger partial charge in [-0.15, -0.1) is 12.4 Å². The van der Waals surface area contributed by atoms with Crippen LogP contribution in [0.1, 0.15) is 64.1 Å². The number of halogens is 1. The molecule has 17 heavy (non-hydrogen) atoms. The second kappa shape index (κ2) is 5.36. The first kappa shape index (κ1) is 14.5. The van der Waals surface area contributed by atoms with Crippen LogP contribution < -0.4 is 5.73 Å². The van der Waals surface area contributed by atoms with E-state index in [0.717, 1.165) is 31.0 Å². The lowest BCUT2D eigenvalue weighted by molar-refractivity contribution is 0.295. The Morgan fingerprint density at radius 2 is 2.00 bits per heavy atom. The number of nitrogens with two attached hydrogens (primary N) is 1. The van der Waals surface area contributed by atoms with Gasteiger partial charge in [0, 0.05) is 17.4 Å². The van der Waals surface area contributed by atoms with Crippen molar-refractivity contribution in [2.45, 2.75) is 63.8 Å². The third-order valence-electron chi connectivity index (χ3n) is 3.18. The number of aromatic nitrogens is 2. The summed E-state index contributed by atoms with van der Waals surface area (Å²) in [6, 6.07) is 0.295. The molecule has 5 heteroatoms. The average Bonchev–Trinajstić information content (AvgIpc) is 2.65. The van der Waals surface area contributed by atoms with Crippen molar-refractivity contribution in [2.24, 2.45) is 5.73 Å². The third kappa shape index (κ3) is 3.42. The van der Waals surface area contributed by atoms with Crippen LogP contribution in [0, 0.1) is 0 Å². The Balaban J connectivity index is 0.00000144. The van der Waals surface area contributed by atoms with Gasteiger partial charge in [-0.3, -0.25) is 0 Å². The normalized spacial score (nSPS) is 25.4. The summed E-state index contributed by atoms with van der Waals surface area (Å²) < 4.78 is 5.36. The Morgan fingerprint density at radius 3 is 2.53 bits per heavy atom. The summed E-state index contributed by atoms with van der Waals surface area (Å²) >= 11 is 0. The van der Waals surface area contributed by atoms with Crippen molar-refractivity contribution in [3.63, 3.8) is 0 Å². The summed E-state index contributed by atoms with van der Waals surface area (Å²) in [4.78, 5) is 4.51. The second-order valence-electron chi connectivity index (χ2n) is 5.83. The summed E-state index contributed by atoms with van der Waals surface area (Å²) in [5, 5.41) is 4.06. The van der Waals surface area contributed by atoms with Gasteiger partial charge in [-0.25, -0.2) is 0 Å². The van der Waals surface area contributed by atoms with E-state index < -0.39 is 0 Å². The fourth-order valence-electron chi connectivity index (χ4n) is 2.16. The highest BCUT2D eigenvalue weighted by atomic mass is 35.5. The van der Waals surface area contributed by atoms with E-state index >= 15 is 0 Å². The molecule has 1 aromatic rings. The van der Waals surface area contributed by atoms with Crippen LogP contribution in [-0.4, -0.2) is 16.2 Å². The molecule has 1 saturated carbocycles. The standard InChI is InChI=1S/C12H21N3O.ClH/c1-12(2,3)11-14-10(16-15-11)8-5-4-6-9(13)7-8;/h8-9H,4-7,13H2,1-3H3;1H. The van der Waals surface area contributed by atoms with Crippen LogP contribution in [0.2, 0.25) is 0 Å². The van der Waals surface area contributed by atoms with Gasteiger partial charge in [0.15, 0.2) is 5.82 Å². The minimum atomic E-state index is -0.0431. The van der Waals surface area contributed by atoms with Crippen molar-refractivity contribution in [3.8, 4) is 0 Å². The number of hydrogen-bond acceptors (Lipinski definition) is 4. The molecular weight excluding hydrogens is 238 g/mol. The van der Waals surface area contributed by atoms with E-state index in [9.17, 15) is 0 Å². The Labute approximate surface area is 109 Å². The smallest absolute Gasteiger partial charge is 0.229 e. The summed E-state index contributed by atoms with van der Waals surface area (Å²) in [6.07, 6.45) is 4.39. The molecule has 2 N–H and O–H groups in total. The van der Waals surface area contributed by atoms with Gasteiger partial charge in [0.25, 0.3) is 0 Å². The first-order valence-electron chi connectivity index (χ1n) is 6.06. The Kier molecular flexibility index (Phi) is 4.55. The number of nitrogens with zero attached hydrogens (tertiary/aromatic N) is 2. The van der Waals surface area contributed by atoms with Gasteiger partial charge in [-0.05, 0) is 19.3 Å². The molecule has 0 aliphatic heterocycles. The molecule has 0 spiro atoms. The fourth-order valence-corrected chi connectivity index (χ4v) is 2.16. The topological polar surface area (TPSA) is 64.9 Å². The first-order chi connectivity index (χ1) is 7.47. The molecule has 1 heterocycles. The largest absolute Gasteiger partial charge is 0.339 e. The van der Waals surface area contributed by atoms with Crippen LogP contribution in [0.5, 0.6) is 0 Å². The van der Waals surface area contributed by atoms with Crippen LogP contribution in [0.25, 0.3) is 0 Å². The molecule has 4 nitrogen and oxygen atoms in total. The SMILES string of the molecule is CC(C)(C)c1noc(C2CCCC(N)C2)n1.Cl. The van der Waals surface area contributed by atoms with E-state index in [1.165, 1.54) is 6.42 Å². The monoisotopic (exact) mass is 259 g/mol.